The first-order chi connectivity index (χ1) is 8.02. The maximum atomic E-state index is 13.0. The number of nitrogens with one attached hydrogen (secondary N) is 1. The summed E-state index contributed by atoms with van der Waals surface area (Å²) in [6.45, 7) is 4.20. The van der Waals surface area contributed by atoms with Gasteiger partial charge < -0.3 is 5.32 Å². The second-order valence-electron chi connectivity index (χ2n) is 4.46. The number of benzene rings is 1. The lowest BCUT2D eigenvalue weighted by molar-refractivity contribution is 0.0936. The number of rotatable bonds is 5. The molecular weight excluding hydrogens is 285 g/mol. The third-order valence-electron chi connectivity index (χ3n) is 2.36. The van der Waals surface area contributed by atoms with Crippen molar-refractivity contribution in [1.29, 1.82) is 0 Å². The van der Waals surface area contributed by atoms with Crippen LogP contribution >= 0.6 is 15.9 Å². The van der Waals surface area contributed by atoms with E-state index in [0.29, 0.717) is 16.8 Å². The van der Waals surface area contributed by atoms with Crippen molar-refractivity contribution in [2.24, 2.45) is 5.92 Å². The molecule has 0 bridgehead atoms. The second kappa shape index (κ2) is 6.74. The lowest BCUT2D eigenvalue weighted by atomic mass is 10.0. The van der Waals surface area contributed by atoms with Gasteiger partial charge in [0.2, 0.25) is 0 Å². The molecule has 1 aromatic rings. The van der Waals surface area contributed by atoms with Crippen LogP contribution in [0.5, 0.6) is 0 Å². The average Bonchev–Trinajstić information content (AvgIpc) is 2.27. The van der Waals surface area contributed by atoms with E-state index in [-0.39, 0.29) is 11.9 Å². The zero-order valence-electron chi connectivity index (χ0n) is 10.0. The number of alkyl halides is 1. The Hall–Kier alpha value is -0.900. The Morgan fingerprint density at radius 2 is 2.18 bits per heavy atom. The minimum absolute atomic E-state index is 0.0748. The Balaban J connectivity index is 2.64. The molecule has 0 saturated heterocycles. The molecule has 1 rings (SSSR count). The highest BCUT2D eigenvalue weighted by atomic mass is 79.9. The van der Waals surface area contributed by atoms with E-state index in [2.05, 4.69) is 35.1 Å². The lowest BCUT2D eigenvalue weighted by Gasteiger charge is -2.18. The topological polar surface area (TPSA) is 29.1 Å². The Morgan fingerprint density at radius 1 is 1.47 bits per heavy atom. The molecule has 4 heteroatoms. The van der Waals surface area contributed by atoms with E-state index in [4.69, 9.17) is 0 Å². The summed E-state index contributed by atoms with van der Waals surface area (Å²) in [5.74, 6) is -0.114. The number of hydrogen-bond acceptors (Lipinski definition) is 1. The first kappa shape index (κ1) is 14.2. The third kappa shape index (κ3) is 4.86. The van der Waals surface area contributed by atoms with Crippen LogP contribution in [-0.4, -0.2) is 17.3 Å². The molecule has 1 atom stereocenters. The number of halogens is 2. The van der Waals surface area contributed by atoms with Crippen molar-refractivity contribution < 1.29 is 9.18 Å². The molecule has 0 saturated carbocycles. The summed E-state index contributed by atoms with van der Waals surface area (Å²) in [4.78, 5) is 11.8. The van der Waals surface area contributed by atoms with Crippen molar-refractivity contribution in [1.82, 2.24) is 5.32 Å². The van der Waals surface area contributed by atoms with Crippen LogP contribution in [0.25, 0.3) is 0 Å². The maximum absolute atomic E-state index is 13.0. The van der Waals surface area contributed by atoms with Crippen LogP contribution in [0.3, 0.4) is 0 Å². The van der Waals surface area contributed by atoms with Crippen molar-refractivity contribution in [3.05, 3.63) is 35.6 Å². The van der Waals surface area contributed by atoms with Crippen LogP contribution in [-0.2, 0) is 0 Å². The first-order valence-corrected chi connectivity index (χ1v) is 6.77. The predicted molar refractivity (Wildman–Crippen MR) is 70.9 cm³/mol. The number of carbonyl (C=O) groups is 1. The van der Waals surface area contributed by atoms with E-state index in [1.807, 2.05) is 0 Å². The maximum Gasteiger partial charge on any atom is 0.251 e. The van der Waals surface area contributed by atoms with Gasteiger partial charge in [-0.3, -0.25) is 4.79 Å². The van der Waals surface area contributed by atoms with Gasteiger partial charge in [-0.1, -0.05) is 35.8 Å². The summed E-state index contributed by atoms with van der Waals surface area (Å²) in [5, 5.41) is 3.59. The molecule has 1 unspecified atom stereocenters. The number of amides is 1. The highest BCUT2D eigenvalue weighted by Crippen LogP contribution is 2.09. The van der Waals surface area contributed by atoms with E-state index in [1.165, 1.54) is 18.2 Å². The van der Waals surface area contributed by atoms with Gasteiger partial charge >= 0.3 is 0 Å². The average molecular weight is 302 g/mol. The Labute approximate surface area is 110 Å². The first-order valence-electron chi connectivity index (χ1n) is 5.65. The normalized spacial score (nSPS) is 12.5. The molecule has 2 nitrogen and oxygen atoms in total. The summed E-state index contributed by atoms with van der Waals surface area (Å²) < 4.78 is 13.0. The highest BCUT2D eigenvalue weighted by Gasteiger charge is 2.14. The fourth-order valence-electron chi connectivity index (χ4n) is 1.63. The minimum atomic E-state index is -0.392. The summed E-state index contributed by atoms with van der Waals surface area (Å²) in [6.07, 6.45) is 0.895. The largest absolute Gasteiger partial charge is 0.348 e. The summed E-state index contributed by atoms with van der Waals surface area (Å²) in [6, 6.07) is 5.79. The number of carbonyl (C=O) groups excluding carboxylic acids is 1. The van der Waals surface area contributed by atoms with Gasteiger partial charge in [-0.2, -0.15) is 0 Å². The monoisotopic (exact) mass is 301 g/mol. The molecule has 0 spiro atoms. The fourth-order valence-corrected chi connectivity index (χ4v) is 2.05. The molecule has 0 aliphatic carbocycles. The molecule has 1 aromatic carbocycles. The standard InChI is InChI=1S/C13H17BrFNO/c1-9(2)6-12(8-14)16-13(17)10-4-3-5-11(15)7-10/h3-5,7,9,12H,6,8H2,1-2H3,(H,16,17). The van der Waals surface area contributed by atoms with Crippen molar-refractivity contribution in [3.8, 4) is 0 Å². The molecular formula is C13H17BrFNO. The van der Waals surface area contributed by atoms with Crippen LogP contribution < -0.4 is 5.32 Å². The SMILES string of the molecule is CC(C)CC(CBr)NC(=O)c1cccc(F)c1. The molecule has 1 amide bonds. The fraction of sp³-hybridized carbons (Fsp3) is 0.462. The molecule has 0 fully saturated rings. The zero-order chi connectivity index (χ0) is 12.8. The Morgan fingerprint density at radius 3 is 2.71 bits per heavy atom. The Kier molecular flexibility index (Phi) is 5.62. The van der Waals surface area contributed by atoms with Crippen LogP contribution in [0.15, 0.2) is 24.3 Å². The molecule has 1 N–H and O–H groups in total. The predicted octanol–water partition coefficient (Wildman–Crippen LogP) is 3.37. The summed E-state index contributed by atoms with van der Waals surface area (Å²) >= 11 is 3.37. The lowest BCUT2D eigenvalue weighted by Crippen LogP contribution is -2.37. The van der Waals surface area contributed by atoms with Gasteiger partial charge in [0.1, 0.15) is 5.82 Å². The molecule has 0 aliphatic heterocycles. The van der Waals surface area contributed by atoms with Crippen molar-refractivity contribution in [2.45, 2.75) is 26.3 Å². The molecule has 0 aliphatic rings. The molecule has 94 valence electrons. The summed E-state index contributed by atoms with van der Waals surface area (Å²) in [7, 11) is 0. The van der Waals surface area contributed by atoms with Gasteiger partial charge in [0.05, 0.1) is 0 Å². The van der Waals surface area contributed by atoms with E-state index < -0.39 is 5.82 Å². The van der Waals surface area contributed by atoms with E-state index >= 15 is 0 Å². The second-order valence-corrected chi connectivity index (χ2v) is 5.11. The van der Waals surface area contributed by atoms with Gasteiger partial charge in [-0.05, 0) is 30.5 Å². The number of hydrogen-bond donors (Lipinski definition) is 1. The van der Waals surface area contributed by atoms with Gasteiger partial charge in [-0.15, -0.1) is 0 Å². The highest BCUT2D eigenvalue weighted by molar-refractivity contribution is 9.09. The smallest absolute Gasteiger partial charge is 0.251 e. The molecule has 0 aromatic heterocycles. The van der Waals surface area contributed by atoms with Crippen molar-refractivity contribution >= 4 is 21.8 Å². The van der Waals surface area contributed by atoms with E-state index in [1.54, 1.807) is 6.07 Å². The quantitative estimate of drug-likeness (QED) is 0.830. The zero-order valence-corrected chi connectivity index (χ0v) is 11.6. The van der Waals surface area contributed by atoms with Crippen LogP contribution in [0, 0.1) is 11.7 Å². The minimum Gasteiger partial charge on any atom is -0.348 e. The molecule has 0 heterocycles. The van der Waals surface area contributed by atoms with Gasteiger partial charge in [-0.25, -0.2) is 4.39 Å². The van der Waals surface area contributed by atoms with Crippen molar-refractivity contribution in [3.63, 3.8) is 0 Å². The van der Waals surface area contributed by atoms with Crippen LogP contribution in [0.4, 0.5) is 4.39 Å². The van der Waals surface area contributed by atoms with Crippen LogP contribution in [0.1, 0.15) is 30.6 Å². The molecule has 17 heavy (non-hydrogen) atoms. The van der Waals surface area contributed by atoms with E-state index in [0.717, 1.165) is 6.42 Å². The van der Waals surface area contributed by atoms with E-state index in [9.17, 15) is 9.18 Å². The van der Waals surface area contributed by atoms with Gasteiger partial charge in [0, 0.05) is 16.9 Å². The Bertz CT molecular complexity index is 381. The van der Waals surface area contributed by atoms with Crippen LogP contribution in [0.2, 0.25) is 0 Å². The molecule has 0 radical (unpaired) electrons. The van der Waals surface area contributed by atoms with Crippen molar-refractivity contribution in [2.75, 3.05) is 5.33 Å². The van der Waals surface area contributed by atoms with Gasteiger partial charge in [0.15, 0.2) is 0 Å². The third-order valence-corrected chi connectivity index (χ3v) is 3.15. The summed E-state index contributed by atoms with van der Waals surface area (Å²) in [5.41, 5.74) is 0.361. The van der Waals surface area contributed by atoms with Gasteiger partial charge in [0.25, 0.3) is 5.91 Å².